The number of urea groups is 1. The number of nitrogens with one attached hydrogen (secondary N) is 3. The highest BCUT2D eigenvalue weighted by Crippen LogP contribution is 2.55. The third kappa shape index (κ3) is 4.43. The summed E-state index contributed by atoms with van der Waals surface area (Å²) in [5, 5.41) is 11.0. The van der Waals surface area contributed by atoms with Gasteiger partial charge in [0, 0.05) is 29.7 Å². The average molecular weight is 499 g/mol. The van der Waals surface area contributed by atoms with E-state index in [2.05, 4.69) is 20.9 Å². The van der Waals surface area contributed by atoms with Gasteiger partial charge >= 0.3 is 6.03 Å². The Hall–Kier alpha value is -2.22. The Labute approximate surface area is 213 Å². The van der Waals surface area contributed by atoms with Crippen molar-refractivity contribution in [2.24, 2.45) is 17.8 Å². The second-order valence-corrected chi connectivity index (χ2v) is 12.1. The molecule has 1 unspecified atom stereocenters. The van der Waals surface area contributed by atoms with E-state index in [0.717, 1.165) is 60.0 Å². The number of thiocarbonyl (C=S) groups is 1. The largest absolute Gasteiger partial charge is 0.497 e. The molecule has 2 heterocycles. The quantitative estimate of drug-likeness (QED) is 0.513. The molecule has 6 bridgehead atoms. The summed E-state index contributed by atoms with van der Waals surface area (Å²) in [4.78, 5) is 15.5. The number of piperidine rings is 1. The number of nitrogens with zero attached hydrogens (tertiary/aromatic N) is 1. The molecule has 2 saturated heterocycles. The van der Waals surface area contributed by atoms with E-state index in [9.17, 15) is 4.79 Å². The van der Waals surface area contributed by atoms with E-state index in [0.29, 0.717) is 17.8 Å². The van der Waals surface area contributed by atoms with Gasteiger partial charge in [-0.2, -0.15) is 0 Å². The van der Waals surface area contributed by atoms with Gasteiger partial charge in [0.25, 0.3) is 0 Å². The summed E-state index contributed by atoms with van der Waals surface area (Å²) >= 11 is 5.84. The summed E-state index contributed by atoms with van der Waals surface area (Å²) in [5.41, 5.74) is 0.898. The van der Waals surface area contributed by atoms with Crippen molar-refractivity contribution in [2.75, 3.05) is 19.5 Å². The van der Waals surface area contributed by atoms with Gasteiger partial charge in [-0.1, -0.05) is 0 Å². The number of benzene rings is 1. The van der Waals surface area contributed by atoms with Crippen molar-refractivity contribution >= 4 is 29.0 Å². The zero-order chi connectivity index (χ0) is 24.2. The maximum absolute atomic E-state index is 13.1. The smallest absolute Gasteiger partial charge is 0.315 e. The standard InChI is InChI=1S/C27H38N4O3S/c1-33-22-5-6-23(24(12-22)34-2)29-26(35)31-20-3-4-21(31)11-19(10-20)28-25(32)30-27-13-16-7-17(14-27)9-18(8-16)15-27/h5-6,12,16-21H,3-4,7-11,13-15H2,1-2H3,(H,29,35)(H2,28,30,32)/t16?,17?,18?,19?,20-,21+,27?. The van der Waals surface area contributed by atoms with E-state index in [4.69, 9.17) is 21.7 Å². The summed E-state index contributed by atoms with van der Waals surface area (Å²) in [6.07, 6.45) is 11.8. The highest BCUT2D eigenvalue weighted by molar-refractivity contribution is 7.80. The summed E-state index contributed by atoms with van der Waals surface area (Å²) in [7, 11) is 3.30. The molecule has 3 atom stereocenters. The van der Waals surface area contributed by atoms with Crippen LogP contribution in [0.15, 0.2) is 18.2 Å². The molecule has 1 aromatic carbocycles. The van der Waals surface area contributed by atoms with Crippen LogP contribution < -0.4 is 25.4 Å². The zero-order valence-corrected chi connectivity index (χ0v) is 21.7. The Morgan fingerprint density at radius 1 is 0.971 bits per heavy atom. The van der Waals surface area contributed by atoms with Crippen LogP contribution >= 0.6 is 12.2 Å². The molecule has 0 aromatic heterocycles. The number of fused-ring (bicyclic) bond motifs is 2. The summed E-state index contributed by atoms with van der Waals surface area (Å²) in [5.74, 6) is 3.95. The molecular weight excluding hydrogens is 460 g/mol. The molecular formula is C27H38N4O3S. The van der Waals surface area contributed by atoms with Crippen molar-refractivity contribution in [3.63, 3.8) is 0 Å². The number of methoxy groups -OCH3 is 2. The van der Waals surface area contributed by atoms with Crippen LogP contribution in [-0.4, -0.2) is 53.9 Å². The first-order valence-electron chi connectivity index (χ1n) is 13.3. The van der Waals surface area contributed by atoms with Gasteiger partial charge < -0.3 is 30.3 Å². The number of hydrogen-bond acceptors (Lipinski definition) is 4. The molecule has 35 heavy (non-hydrogen) atoms. The summed E-state index contributed by atoms with van der Waals surface area (Å²) < 4.78 is 10.8. The van der Waals surface area contributed by atoms with Crippen LogP contribution in [0, 0.1) is 17.8 Å². The summed E-state index contributed by atoms with van der Waals surface area (Å²) in [6, 6.07) is 6.66. The number of ether oxygens (including phenoxy) is 2. The van der Waals surface area contributed by atoms with Crippen LogP contribution in [0.5, 0.6) is 11.5 Å². The van der Waals surface area contributed by atoms with Crippen LogP contribution in [-0.2, 0) is 0 Å². The van der Waals surface area contributed by atoms with Crippen molar-refractivity contribution in [1.29, 1.82) is 0 Å². The number of hydrogen-bond donors (Lipinski definition) is 3. The topological polar surface area (TPSA) is 74.9 Å². The maximum Gasteiger partial charge on any atom is 0.315 e. The monoisotopic (exact) mass is 498 g/mol. The molecule has 0 spiro atoms. The average Bonchev–Trinajstić information content (AvgIpc) is 3.08. The van der Waals surface area contributed by atoms with Crippen molar-refractivity contribution < 1.29 is 14.3 Å². The first-order chi connectivity index (χ1) is 16.9. The second-order valence-electron chi connectivity index (χ2n) is 11.8. The lowest BCUT2D eigenvalue weighted by Gasteiger charge is -2.56. The number of carbonyl (C=O) groups is 1. The number of anilines is 1. The minimum Gasteiger partial charge on any atom is -0.497 e. The normalized spacial score (nSPS) is 36.6. The maximum atomic E-state index is 13.1. The predicted molar refractivity (Wildman–Crippen MR) is 140 cm³/mol. The van der Waals surface area contributed by atoms with Crippen molar-refractivity contribution in [1.82, 2.24) is 15.5 Å². The highest BCUT2D eigenvalue weighted by atomic mass is 32.1. The highest BCUT2D eigenvalue weighted by Gasteiger charge is 2.52. The van der Waals surface area contributed by atoms with Gasteiger partial charge in [0.05, 0.1) is 19.9 Å². The van der Waals surface area contributed by atoms with Gasteiger partial charge in [0.1, 0.15) is 11.5 Å². The van der Waals surface area contributed by atoms with Crippen LogP contribution in [0.2, 0.25) is 0 Å². The van der Waals surface area contributed by atoms with Gasteiger partial charge in [-0.15, -0.1) is 0 Å². The van der Waals surface area contributed by atoms with Crippen molar-refractivity contribution in [3.05, 3.63) is 18.2 Å². The number of amides is 2. The fraction of sp³-hybridized carbons (Fsp3) is 0.704. The van der Waals surface area contributed by atoms with E-state index in [1.807, 2.05) is 18.2 Å². The van der Waals surface area contributed by atoms with E-state index in [-0.39, 0.29) is 17.6 Å². The predicted octanol–water partition coefficient (Wildman–Crippen LogP) is 4.66. The van der Waals surface area contributed by atoms with Gasteiger partial charge in [-0.05, 0) is 106 Å². The van der Waals surface area contributed by atoms with Gasteiger partial charge in [0.2, 0.25) is 0 Å². The van der Waals surface area contributed by atoms with Crippen LogP contribution in [0.1, 0.15) is 64.2 Å². The Morgan fingerprint density at radius 3 is 2.17 bits per heavy atom. The lowest BCUT2D eigenvalue weighted by atomic mass is 9.53. The summed E-state index contributed by atoms with van der Waals surface area (Å²) in [6.45, 7) is 0. The van der Waals surface area contributed by atoms with E-state index >= 15 is 0 Å². The molecule has 7 rings (SSSR count). The number of rotatable bonds is 5. The van der Waals surface area contributed by atoms with Crippen LogP contribution in [0.3, 0.4) is 0 Å². The van der Waals surface area contributed by atoms with Crippen molar-refractivity contribution in [3.8, 4) is 11.5 Å². The molecule has 2 aliphatic heterocycles. The van der Waals surface area contributed by atoms with E-state index < -0.39 is 0 Å². The minimum atomic E-state index is 0.0495. The molecule has 3 N–H and O–H groups in total. The molecule has 8 heteroatoms. The molecule has 6 fully saturated rings. The Kier molecular flexibility index (Phi) is 5.98. The minimum absolute atomic E-state index is 0.0495. The third-order valence-electron chi connectivity index (χ3n) is 9.37. The molecule has 4 saturated carbocycles. The molecule has 2 amide bonds. The van der Waals surface area contributed by atoms with Crippen molar-refractivity contribution in [2.45, 2.75) is 87.9 Å². The Morgan fingerprint density at radius 2 is 1.60 bits per heavy atom. The van der Waals surface area contributed by atoms with Gasteiger partial charge in [0.15, 0.2) is 5.11 Å². The van der Waals surface area contributed by atoms with E-state index in [1.54, 1.807) is 14.2 Å². The first kappa shape index (κ1) is 23.2. The Bertz CT molecular complexity index is 951. The number of carbonyl (C=O) groups excluding carboxylic acids is 1. The third-order valence-corrected chi connectivity index (χ3v) is 9.68. The fourth-order valence-electron chi connectivity index (χ4n) is 8.43. The lowest BCUT2D eigenvalue weighted by Crippen LogP contribution is -2.63. The second kappa shape index (κ2) is 9.02. The van der Waals surface area contributed by atoms with E-state index in [1.165, 1.54) is 38.5 Å². The molecule has 1 aromatic rings. The molecule has 190 valence electrons. The first-order valence-corrected chi connectivity index (χ1v) is 13.7. The molecule has 0 radical (unpaired) electrons. The van der Waals surface area contributed by atoms with Crippen LogP contribution in [0.4, 0.5) is 10.5 Å². The lowest BCUT2D eigenvalue weighted by molar-refractivity contribution is -0.0138. The molecule has 6 aliphatic rings. The van der Waals surface area contributed by atoms with Crippen LogP contribution in [0.25, 0.3) is 0 Å². The molecule has 4 aliphatic carbocycles. The van der Waals surface area contributed by atoms with Gasteiger partial charge in [-0.25, -0.2) is 4.79 Å². The SMILES string of the molecule is COc1ccc(NC(=S)N2[C@@H]3CC[C@H]2CC(NC(=O)NC24CC5CC(CC(C5)C2)C4)C3)c(OC)c1. The fourth-order valence-corrected chi connectivity index (χ4v) is 8.84. The van der Waals surface area contributed by atoms with Gasteiger partial charge in [-0.3, -0.25) is 0 Å². The molecule has 7 nitrogen and oxygen atoms in total. The zero-order valence-electron chi connectivity index (χ0n) is 20.8. The Balaban J connectivity index is 1.06.